The van der Waals surface area contributed by atoms with Crippen molar-refractivity contribution in [3.8, 4) is 5.88 Å². The predicted octanol–water partition coefficient (Wildman–Crippen LogP) is 1.08. The number of aromatic nitrogens is 2. The molecular weight excluding hydrogens is 128 g/mol. The first-order chi connectivity index (χ1) is 3.70. The van der Waals surface area contributed by atoms with Gasteiger partial charge in [-0.15, -0.1) is 0 Å². The molecule has 0 saturated heterocycles. The van der Waals surface area contributed by atoms with Crippen LogP contribution in [0.4, 0.5) is 0 Å². The maximum atomic E-state index is 8.67. The van der Waals surface area contributed by atoms with Crippen LogP contribution in [0.1, 0.15) is 5.82 Å². The van der Waals surface area contributed by atoms with Crippen LogP contribution in [-0.4, -0.2) is 15.1 Å². The molecule has 3 nitrogen and oxygen atoms in total. The summed E-state index contributed by atoms with van der Waals surface area (Å²) < 4.78 is 0. The maximum absolute atomic E-state index is 8.67. The second kappa shape index (κ2) is 1.67. The summed E-state index contributed by atoms with van der Waals surface area (Å²) >= 11 is 5.36. The molecule has 0 aliphatic carbocycles. The SMILES string of the molecule is Cc1nc(O)c(Cl)[nH]1. The van der Waals surface area contributed by atoms with Crippen LogP contribution in [0.5, 0.6) is 5.88 Å². The molecule has 0 aromatic carbocycles. The summed E-state index contributed by atoms with van der Waals surface area (Å²) in [4.78, 5) is 6.19. The Morgan fingerprint density at radius 2 is 2.38 bits per heavy atom. The van der Waals surface area contributed by atoms with E-state index in [-0.39, 0.29) is 11.0 Å². The Labute approximate surface area is 51.3 Å². The number of halogens is 1. The van der Waals surface area contributed by atoms with Crippen molar-refractivity contribution < 1.29 is 5.11 Å². The summed E-state index contributed by atoms with van der Waals surface area (Å²) in [5.41, 5.74) is 0. The summed E-state index contributed by atoms with van der Waals surface area (Å²) in [5, 5.41) is 8.86. The summed E-state index contributed by atoms with van der Waals surface area (Å²) in [6.45, 7) is 1.71. The average Bonchev–Trinajstić information content (AvgIpc) is 1.85. The molecule has 1 heterocycles. The smallest absolute Gasteiger partial charge is 0.249 e. The fourth-order valence-corrected chi connectivity index (χ4v) is 0.630. The van der Waals surface area contributed by atoms with Gasteiger partial charge in [-0.05, 0) is 6.92 Å². The second-order valence-corrected chi connectivity index (χ2v) is 1.84. The van der Waals surface area contributed by atoms with E-state index in [1.54, 1.807) is 6.92 Å². The molecule has 0 amide bonds. The van der Waals surface area contributed by atoms with Gasteiger partial charge < -0.3 is 10.1 Å². The normalized spacial score (nSPS) is 9.75. The lowest BCUT2D eigenvalue weighted by Gasteiger charge is -1.75. The average molecular weight is 133 g/mol. The summed E-state index contributed by atoms with van der Waals surface area (Å²) in [5.74, 6) is 0.483. The molecule has 2 N–H and O–H groups in total. The van der Waals surface area contributed by atoms with Gasteiger partial charge in [0.2, 0.25) is 5.88 Å². The largest absolute Gasteiger partial charge is 0.491 e. The van der Waals surface area contributed by atoms with Gasteiger partial charge in [-0.2, -0.15) is 4.98 Å². The number of imidazole rings is 1. The summed E-state index contributed by atoms with van der Waals surface area (Å²) in [6, 6.07) is 0. The monoisotopic (exact) mass is 132 g/mol. The van der Waals surface area contributed by atoms with E-state index >= 15 is 0 Å². The lowest BCUT2D eigenvalue weighted by atomic mass is 10.8. The van der Waals surface area contributed by atoms with Gasteiger partial charge >= 0.3 is 0 Å². The van der Waals surface area contributed by atoms with Crippen LogP contribution >= 0.6 is 11.6 Å². The van der Waals surface area contributed by atoms with Crippen LogP contribution < -0.4 is 0 Å². The van der Waals surface area contributed by atoms with Crippen LogP contribution in [0.3, 0.4) is 0 Å². The fraction of sp³-hybridized carbons (Fsp3) is 0.250. The molecule has 0 radical (unpaired) electrons. The number of hydrogen-bond acceptors (Lipinski definition) is 2. The first kappa shape index (κ1) is 5.44. The Morgan fingerprint density at radius 1 is 1.75 bits per heavy atom. The highest BCUT2D eigenvalue weighted by Crippen LogP contribution is 2.17. The first-order valence-corrected chi connectivity index (χ1v) is 2.49. The van der Waals surface area contributed by atoms with Crippen molar-refractivity contribution in [2.45, 2.75) is 6.92 Å². The zero-order valence-corrected chi connectivity index (χ0v) is 5.03. The van der Waals surface area contributed by atoms with Crippen molar-refractivity contribution >= 4 is 11.6 Å². The van der Waals surface area contributed by atoms with E-state index in [2.05, 4.69) is 9.97 Å². The molecule has 0 aliphatic rings. The standard InChI is InChI=1S/C4H5ClN2O/c1-2-6-3(5)4(8)7-2/h8H,1H3,(H,6,7). The highest BCUT2D eigenvalue weighted by atomic mass is 35.5. The Kier molecular flexibility index (Phi) is 1.13. The second-order valence-electron chi connectivity index (χ2n) is 1.46. The van der Waals surface area contributed by atoms with E-state index in [4.69, 9.17) is 16.7 Å². The van der Waals surface area contributed by atoms with Crippen LogP contribution in [0.25, 0.3) is 0 Å². The maximum Gasteiger partial charge on any atom is 0.249 e. The Bertz CT molecular complexity index is 176. The first-order valence-electron chi connectivity index (χ1n) is 2.11. The molecule has 0 fully saturated rings. The molecule has 44 valence electrons. The topological polar surface area (TPSA) is 48.9 Å². The Hall–Kier alpha value is -0.700. The van der Waals surface area contributed by atoms with Gasteiger partial charge in [-0.25, -0.2) is 0 Å². The molecule has 1 aromatic heterocycles. The van der Waals surface area contributed by atoms with E-state index in [1.807, 2.05) is 0 Å². The number of nitrogens with one attached hydrogen (secondary N) is 1. The Balaban J connectivity index is 3.14. The fourth-order valence-electron chi connectivity index (χ4n) is 0.451. The van der Waals surface area contributed by atoms with Crippen LogP contribution in [-0.2, 0) is 0 Å². The van der Waals surface area contributed by atoms with Crippen molar-refractivity contribution in [1.82, 2.24) is 9.97 Å². The predicted molar refractivity (Wildman–Crippen MR) is 30.0 cm³/mol. The summed E-state index contributed by atoms with van der Waals surface area (Å²) in [6.07, 6.45) is 0. The van der Waals surface area contributed by atoms with Crippen molar-refractivity contribution in [2.75, 3.05) is 0 Å². The highest BCUT2D eigenvalue weighted by molar-refractivity contribution is 6.30. The molecule has 0 unspecified atom stereocenters. The minimum absolute atomic E-state index is 0.135. The number of aromatic hydroxyl groups is 1. The lowest BCUT2D eigenvalue weighted by Crippen LogP contribution is -1.68. The van der Waals surface area contributed by atoms with Gasteiger partial charge in [-0.3, -0.25) is 0 Å². The van der Waals surface area contributed by atoms with Crippen molar-refractivity contribution in [3.05, 3.63) is 11.0 Å². The molecule has 8 heavy (non-hydrogen) atoms. The zero-order valence-electron chi connectivity index (χ0n) is 4.27. The van der Waals surface area contributed by atoms with Crippen molar-refractivity contribution in [1.29, 1.82) is 0 Å². The molecule has 1 aromatic rings. The zero-order chi connectivity index (χ0) is 6.15. The van der Waals surface area contributed by atoms with Gasteiger partial charge in [0.05, 0.1) is 0 Å². The number of rotatable bonds is 0. The Morgan fingerprint density at radius 3 is 2.50 bits per heavy atom. The van der Waals surface area contributed by atoms with E-state index < -0.39 is 0 Å². The van der Waals surface area contributed by atoms with Gasteiger partial charge in [0, 0.05) is 0 Å². The number of aryl methyl sites for hydroxylation is 1. The van der Waals surface area contributed by atoms with Crippen LogP contribution in [0, 0.1) is 6.92 Å². The van der Waals surface area contributed by atoms with Gasteiger partial charge in [0.25, 0.3) is 0 Å². The number of H-pyrrole nitrogens is 1. The molecule has 0 aliphatic heterocycles. The lowest BCUT2D eigenvalue weighted by molar-refractivity contribution is 0.456. The molecule has 0 spiro atoms. The van der Waals surface area contributed by atoms with Crippen molar-refractivity contribution in [2.24, 2.45) is 0 Å². The third-order valence-corrected chi connectivity index (χ3v) is 1.02. The van der Waals surface area contributed by atoms with E-state index in [9.17, 15) is 0 Å². The number of aromatic amines is 1. The molecular formula is C4H5ClN2O. The third kappa shape index (κ3) is 0.767. The molecule has 4 heteroatoms. The quantitative estimate of drug-likeness (QED) is 0.555. The van der Waals surface area contributed by atoms with Crippen molar-refractivity contribution in [3.63, 3.8) is 0 Å². The highest BCUT2D eigenvalue weighted by Gasteiger charge is 1.99. The minimum atomic E-state index is -0.135. The molecule has 0 atom stereocenters. The van der Waals surface area contributed by atoms with Gasteiger partial charge in [0.15, 0.2) is 5.15 Å². The number of hydrogen-bond donors (Lipinski definition) is 2. The van der Waals surface area contributed by atoms with Gasteiger partial charge in [-0.1, -0.05) is 11.6 Å². The van der Waals surface area contributed by atoms with Crippen LogP contribution in [0.2, 0.25) is 5.15 Å². The summed E-state index contributed by atoms with van der Waals surface area (Å²) in [7, 11) is 0. The van der Waals surface area contributed by atoms with E-state index in [1.165, 1.54) is 0 Å². The van der Waals surface area contributed by atoms with E-state index in [0.29, 0.717) is 5.82 Å². The molecule has 1 rings (SSSR count). The van der Waals surface area contributed by atoms with Crippen LogP contribution in [0.15, 0.2) is 0 Å². The molecule has 0 bridgehead atoms. The minimum Gasteiger partial charge on any atom is -0.491 e. The van der Waals surface area contributed by atoms with Gasteiger partial charge in [0.1, 0.15) is 5.82 Å². The van der Waals surface area contributed by atoms with E-state index in [0.717, 1.165) is 0 Å². The number of nitrogens with zero attached hydrogens (tertiary/aromatic N) is 1. The molecule has 0 saturated carbocycles. The third-order valence-electron chi connectivity index (χ3n) is 0.761.